The quantitative estimate of drug-likeness (QED) is 0.120. The van der Waals surface area contributed by atoms with Crippen molar-refractivity contribution < 1.29 is 44.1 Å². The molecule has 35 heavy (non-hydrogen) atoms. The summed E-state index contributed by atoms with van der Waals surface area (Å²) in [5, 5.41) is 34.3. The Morgan fingerprint density at radius 1 is 0.743 bits per heavy atom. The first-order valence-electron chi connectivity index (χ1n) is 11.1. The molecule has 0 heterocycles. The van der Waals surface area contributed by atoms with Crippen LogP contribution in [0.1, 0.15) is 52.4 Å². The van der Waals surface area contributed by atoms with Crippen molar-refractivity contribution in [3.8, 4) is 0 Å². The zero-order valence-electron chi connectivity index (χ0n) is 20.1. The highest BCUT2D eigenvalue weighted by atomic mass is 32.2. The lowest BCUT2D eigenvalue weighted by Crippen LogP contribution is -2.57. The van der Waals surface area contributed by atoms with Crippen molar-refractivity contribution in [3.63, 3.8) is 0 Å². The predicted molar refractivity (Wildman–Crippen MR) is 128 cm³/mol. The summed E-state index contributed by atoms with van der Waals surface area (Å²) in [4.78, 5) is 71.2. The molecule has 200 valence electrons. The molecule has 0 saturated heterocycles. The number of hydrogen-bond donors (Lipinski definition) is 7. The third-order valence-corrected chi connectivity index (χ3v) is 5.50. The van der Waals surface area contributed by atoms with Gasteiger partial charge in [-0.1, -0.05) is 13.8 Å². The largest absolute Gasteiger partial charge is 0.481 e. The SMILES string of the molecule is CSCCC(NC(=O)C(CC(C)C)NC(=O)C(CCC(=O)O)NC(=O)C(N)CCC(=O)O)C(=O)O. The number of carboxylic acids is 3. The van der Waals surface area contributed by atoms with Crippen LogP contribution in [0.5, 0.6) is 0 Å². The summed E-state index contributed by atoms with van der Waals surface area (Å²) < 4.78 is 0. The van der Waals surface area contributed by atoms with Crippen LogP contribution in [0.15, 0.2) is 0 Å². The Kier molecular flexibility index (Phi) is 15.3. The van der Waals surface area contributed by atoms with Gasteiger partial charge in [-0.15, -0.1) is 0 Å². The number of hydrogen-bond acceptors (Lipinski definition) is 8. The van der Waals surface area contributed by atoms with E-state index in [2.05, 4.69) is 16.0 Å². The fourth-order valence-corrected chi connectivity index (χ4v) is 3.44. The molecule has 0 aromatic heterocycles. The second kappa shape index (κ2) is 16.7. The molecule has 0 aliphatic carbocycles. The van der Waals surface area contributed by atoms with Gasteiger partial charge in [0.05, 0.1) is 6.04 Å². The van der Waals surface area contributed by atoms with Gasteiger partial charge in [0, 0.05) is 12.8 Å². The molecular weight excluding hydrogens is 484 g/mol. The average Bonchev–Trinajstić information content (AvgIpc) is 2.75. The molecule has 4 unspecified atom stereocenters. The Balaban J connectivity index is 5.51. The summed E-state index contributed by atoms with van der Waals surface area (Å²) in [6, 6.07) is -4.89. The van der Waals surface area contributed by atoms with Crippen LogP contribution < -0.4 is 21.7 Å². The molecular formula is C21H36N4O9S. The van der Waals surface area contributed by atoms with Crippen LogP contribution in [0.25, 0.3) is 0 Å². The first kappa shape index (κ1) is 32.1. The van der Waals surface area contributed by atoms with Gasteiger partial charge in [0.1, 0.15) is 18.1 Å². The normalized spacial score (nSPS) is 14.3. The van der Waals surface area contributed by atoms with E-state index >= 15 is 0 Å². The van der Waals surface area contributed by atoms with Crippen molar-refractivity contribution in [3.05, 3.63) is 0 Å². The maximum atomic E-state index is 12.9. The number of thioether (sulfide) groups is 1. The highest BCUT2D eigenvalue weighted by Gasteiger charge is 2.31. The average molecular weight is 521 g/mol. The van der Waals surface area contributed by atoms with Gasteiger partial charge in [-0.2, -0.15) is 11.8 Å². The van der Waals surface area contributed by atoms with Gasteiger partial charge in [0.2, 0.25) is 17.7 Å². The van der Waals surface area contributed by atoms with Gasteiger partial charge in [-0.3, -0.25) is 24.0 Å². The number of amides is 3. The van der Waals surface area contributed by atoms with Crippen molar-refractivity contribution in [2.75, 3.05) is 12.0 Å². The molecule has 0 bridgehead atoms. The van der Waals surface area contributed by atoms with Crippen LogP contribution >= 0.6 is 11.8 Å². The maximum Gasteiger partial charge on any atom is 0.326 e. The number of carbonyl (C=O) groups excluding carboxylic acids is 3. The second-order valence-electron chi connectivity index (χ2n) is 8.40. The highest BCUT2D eigenvalue weighted by molar-refractivity contribution is 7.98. The zero-order chi connectivity index (χ0) is 27.1. The molecule has 0 fully saturated rings. The Morgan fingerprint density at radius 2 is 1.23 bits per heavy atom. The first-order valence-corrected chi connectivity index (χ1v) is 12.5. The topological polar surface area (TPSA) is 225 Å². The second-order valence-corrected chi connectivity index (χ2v) is 9.39. The van der Waals surface area contributed by atoms with E-state index in [1.807, 2.05) is 0 Å². The zero-order valence-corrected chi connectivity index (χ0v) is 20.9. The van der Waals surface area contributed by atoms with Crippen molar-refractivity contribution in [1.29, 1.82) is 0 Å². The van der Waals surface area contributed by atoms with Gasteiger partial charge in [0.25, 0.3) is 0 Å². The van der Waals surface area contributed by atoms with E-state index < -0.39 is 66.2 Å². The van der Waals surface area contributed by atoms with E-state index in [0.29, 0.717) is 5.75 Å². The molecule has 0 aromatic carbocycles. The summed E-state index contributed by atoms with van der Waals surface area (Å²) in [5.74, 6) is -5.59. The number of carbonyl (C=O) groups is 6. The minimum absolute atomic E-state index is 0.0722. The lowest BCUT2D eigenvalue weighted by Gasteiger charge is -2.26. The summed E-state index contributed by atoms with van der Waals surface area (Å²) >= 11 is 1.41. The van der Waals surface area contributed by atoms with Gasteiger partial charge >= 0.3 is 17.9 Å². The molecule has 8 N–H and O–H groups in total. The van der Waals surface area contributed by atoms with Crippen LogP contribution in [0.2, 0.25) is 0 Å². The minimum atomic E-state index is -1.36. The summed E-state index contributed by atoms with van der Waals surface area (Å²) in [7, 11) is 0. The van der Waals surface area contributed by atoms with Crippen LogP contribution in [0.4, 0.5) is 0 Å². The number of aliphatic carboxylic acids is 3. The third kappa shape index (κ3) is 14.2. The van der Waals surface area contributed by atoms with E-state index in [1.165, 1.54) is 11.8 Å². The Bertz CT molecular complexity index is 763. The molecule has 0 aliphatic heterocycles. The fraction of sp³-hybridized carbons (Fsp3) is 0.714. The van der Waals surface area contributed by atoms with Crippen LogP contribution in [-0.4, -0.2) is 87.1 Å². The standard InChI is InChI=1S/C21H36N4O9S/c1-11(2)10-15(20(32)24-14(21(33)34)8-9-35-3)25-19(31)13(5-7-17(28)29)23-18(30)12(22)4-6-16(26)27/h11-15H,4-10,22H2,1-3H3,(H,23,30)(H,24,32)(H,25,31)(H,26,27)(H,28,29)(H,33,34). The predicted octanol–water partition coefficient (Wildman–Crippen LogP) is -0.618. The van der Waals surface area contributed by atoms with E-state index in [0.717, 1.165) is 0 Å². The summed E-state index contributed by atoms with van der Waals surface area (Å²) in [6.45, 7) is 3.58. The van der Waals surface area contributed by atoms with Crippen molar-refractivity contribution in [2.24, 2.45) is 11.7 Å². The van der Waals surface area contributed by atoms with Crippen molar-refractivity contribution >= 4 is 47.4 Å². The van der Waals surface area contributed by atoms with Crippen LogP contribution in [-0.2, 0) is 28.8 Å². The molecule has 0 aromatic rings. The minimum Gasteiger partial charge on any atom is -0.481 e. The molecule has 14 heteroatoms. The van der Waals surface area contributed by atoms with E-state index in [-0.39, 0.29) is 38.0 Å². The van der Waals surface area contributed by atoms with Crippen LogP contribution in [0.3, 0.4) is 0 Å². The lowest BCUT2D eigenvalue weighted by molar-refractivity contribution is -0.142. The monoisotopic (exact) mass is 520 g/mol. The van der Waals surface area contributed by atoms with Crippen molar-refractivity contribution in [1.82, 2.24) is 16.0 Å². The summed E-state index contributed by atoms with van der Waals surface area (Å²) in [5.41, 5.74) is 5.66. The smallest absolute Gasteiger partial charge is 0.326 e. The third-order valence-electron chi connectivity index (χ3n) is 4.85. The molecule has 0 spiro atoms. The molecule has 0 aliphatic rings. The molecule has 0 radical (unpaired) electrons. The van der Waals surface area contributed by atoms with E-state index in [4.69, 9.17) is 15.9 Å². The Morgan fingerprint density at radius 3 is 1.71 bits per heavy atom. The molecule has 13 nitrogen and oxygen atoms in total. The Hall–Kier alpha value is -2.87. The van der Waals surface area contributed by atoms with Gasteiger partial charge < -0.3 is 37.0 Å². The number of nitrogens with one attached hydrogen (secondary N) is 3. The summed E-state index contributed by atoms with van der Waals surface area (Å²) in [6.07, 6.45) is 0.777. The van der Waals surface area contributed by atoms with Gasteiger partial charge in [-0.25, -0.2) is 4.79 Å². The van der Waals surface area contributed by atoms with Gasteiger partial charge in [0.15, 0.2) is 0 Å². The number of rotatable bonds is 18. The van der Waals surface area contributed by atoms with E-state index in [9.17, 15) is 33.9 Å². The number of nitrogens with two attached hydrogens (primary N) is 1. The fourth-order valence-electron chi connectivity index (χ4n) is 2.97. The van der Waals surface area contributed by atoms with Crippen LogP contribution in [0, 0.1) is 5.92 Å². The molecule has 0 rings (SSSR count). The van der Waals surface area contributed by atoms with E-state index in [1.54, 1.807) is 20.1 Å². The Labute approximate surface area is 208 Å². The van der Waals surface area contributed by atoms with Crippen molar-refractivity contribution in [2.45, 2.75) is 76.5 Å². The molecule has 4 atom stereocenters. The number of carboxylic acid groups (broad SMARTS) is 3. The lowest BCUT2D eigenvalue weighted by atomic mass is 10.0. The maximum absolute atomic E-state index is 12.9. The highest BCUT2D eigenvalue weighted by Crippen LogP contribution is 2.09. The first-order chi connectivity index (χ1) is 16.3. The van der Waals surface area contributed by atoms with Gasteiger partial charge in [-0.05, 0) is 43.6 Å². The molecule has 0 saturated carbocycles. The molecule has 3 amide bonds.